The van der Waals surface area contributed by atoms with E-state index >= 15 is 0 Å². The van der Waals surface area contributed by atoms with Crippen LogP contribution in [0.15, 0.2) is 0 Å². The fraction of sp³-hybridized carbons (Fsp3) is 0. The molecule has 0 amide bonds. The van der Waals surface area contributed by atoms with Gasteiger partial charge in [-0.25, -0.2) is 8.42 Å². The Bertz CT molecular complexity index is 97.2. The summed E-state index contributed by atoms with van der Waals surface area (Å²) in [7, 11) is -4.92. The number of hydrogen-bond donors (Lipinski definition) is 2. The van der Waals surface area contributed by atoms with Crippen molar-refractivity contribution in [2.45, 2.75) is 0 Å². The fourth-order valence-corrected chi connectivity index (χ4v) is 0. The van der Waals surface area contributed by atoms with E-state index in [1.54, 1.807) is 0 Å². The summed E-state index contributed by atoms with van der Waals surface area (Å²) < 4.78 is 32.8. The molecule has 0 saturated heterocycles. The third-order valence-corrected chi connectivity index (χ3v) is 0. The van der Waals surface area contributed by atoms with E-state index in [1.165, 1.54) is 0 Å². The van der Waals surface area contributed by atoms with Crippen LogP contribution in [0.5, 0.6) is 0 Å². The van der Waals surface area contributed by atoms with Crippen LogP contribution in [-0.4, -0.2) is 17.5 Å². The molecule has 0 fully saturated rings. The van der Waals surface area contributed by atoms with Gasteiger partial charge in [-0.2, -0.15) is 0 Å². The Morgan fingerprint density at radius 1 is 1.50 bits per heavy atom. The molecule has 0 heterocycles. The van der Waals surface area contributed by atoms with E-state index in [9.17, 15) is 0 Å². The molecule has 0 atom stereocenters. The van der Waals surface area contributed by atoms with Crippen molar-refractivity contribution < 1.29 is 34.6 Å². The third kappa shape index (κ3) is 1860. The molecule has 1 radical (unpaired) electrons. The van der Waals surface area contributed by atoms with Crippen molar-refractivity contribution in [2.24, 2.45) is 5.84 Å². The van der Waals surface area contributed by atoms with E-state index in [0.717, 1.165) is 0 Å². The number of nitrogens with one attached hydrogen (secondary N) is 1. The number of rotatable bonds is 0. The molecule has 0 aromatic carbocycles. The van der Waals surface area contributed by atoms with Gasteiger partial charge in [-0.3, -0.25) is 4.55 Å². The Kier molecular flexibility index (Phi) is 14.4. The maximum Gasteiger partial charge on any atom is 2.00 e. The smallest absolute Gasteiger partial charge is 0.726 e. The number of hydrogen-bond acceptors (Lipinski definition) is 4. The van der Waals surface area contributed by atoms with Crippen LogP contribution in [0.4, 0.5) is 0 Å². The average molecular weight is 192 g/mol. The molecule has 0 aliphatic rings. The standard InChI is InChI=1S/Cu.H3N2.H2O4S/c;1-2;1-5(2,3)4/h;1H,2H2;(H2,1,2,3,4)/q+2;-1;/p-1. The van der Waals surface area contributed by atoms with Crippen molar-refractivity contribution in [3.63, 3.8) is 0 Å². The topological polar surface area (TPSA) is 127 Å². The predicted molar refractivity (Wildman–Crippen MR) is 20.8 cm³/mol. The van der Waals surface area contributed by atoms with Crippen LogP contribution < -0.4 is 5.84 Å². The maximum absolute atomic E-state index is 8.63. The summed E-state index contributed by atoms with van der Waals surface area (Å²) in [5, 5.41) is 0. The SMILES string of the molecule is O=S(=O)([O-])O.[Cu+2].[NH-]N. The van der Waals surface area contributed by atoms with Gasteiger partial charge in [0.05, 0.1) is 0 Å². The molecule has 0 aromatic heterocycles. The largest absolute Gasteiger partial charge is 2.00 e. The van der Waals surface area contributed by atoms with Gasteiger partial charge >= 0.3 is 17.1 Å². The first kappa shape index (κ1) is 15.7. The first-order valence-corrected chi connectivity index (χ1v) is 2.34. The monoisotopic (exact) mass is 191 g/mol. The Morgan fingerprint density at radius 2 is 1.50 bits per heavy atom. The van der Waals surface area contributed by atoms with Crippen molar-refractivity contribution >= 4 is 10.4 Å². The minimum atomic E-state index is -4.92. The second kappa shape index (κ2) is 7.31. The number of nitrogens with two attached hydrogens (primary N) is 1. The molecular weight excluding hydrogens is 188 g/mol. The average Bonchev–Trinajstić information content (AvgIpc) is 1.36. The Labute approximate surface area is 57.3 Å². The first-order chi connectivity index (χ1) is 3.00. The Hall–Kier alpha value is 0.309. The van der Waals surface area contributed by atoms with E-state index in [1.807, 2.05) is 0 Å². The van der Waals surface area contributed by atoms with E-state index in [4.69, 9.17) is 23.4 Å². The van der Waals surface area contributed by atoms with Crippen LogP contribution in [0, 0.1) is 0 Å². The van der Waals surface area contributed by atoms with Crippen LogP contribution in [-0.2, 0) is 27.5 Å². The van der Waals surface area contributed by atoms with Gasteiger partial charge < -0.3 is 16.2 Å². The van der Waals surface area contributed by atoms with Crippen LogP contribution in [0.2, 0.25) is 0 Å². The molecule has 6 nitrogen and oxygen atoms in total. The van der Waals surface area contributed by atoms with Gasteiger partial charge in [-0.15, -0.1) is 0 Å². The zero-order chi connectivity index (χ0) is 6.50. The summed E-state index contributed by atoms with van der Waals surface area (Å²) in [6.07, 6.45) is 0. The summed E-state index contributed by atoms with van der Waals surface area (Å²) in [6, 6.07) is 0. The van der Waals surface area contributed by atoms with Gasteiger partial charge in [0.25, 0.3) is 0 Å². The molecule has 0 rings (SSSR count). The minimum Gasteiger partial charge on any atom is -0.726 e. The molecule has 0 aliphatic heterocycles. The molecule has 0 bridgehead atoms. The molecule has 0 spiro atoms. The predicted octanol–water partition coefficient (Wildman–Crippen LogP) is -1.09. The van der Waals surface area contributed by atoms with E-state index in [2.05, 4.69) is 5.84 Å². The van der Waals surface area contributed by atoms with Crippen molar-refractivity contribution in [1.82, 2.24) is 0 Å². The summed E-state index contributed by atoms with van der Waals surface area (Å²) >= 11 is 0. The molecular formula is H4CuN2O4S. The molecule has 0 aromatic rings. The van der Waals surface area contributed by atoms with E-state index in [0.29, 0.717) is 0 Å². The summed E-state index contributed by atoms with van der Waals surface area (Å²) in [5.74, 6) is 9.00. The molecule has 4 N–H and O–H groups in total. The minimum absolute atomic E-state index is 0. The quantitative estimate of drug-likeness (QED) is 0.165. The zero-order valence-corrected chi connectivity index (χ0v) is 5.22. The van der Waals surface area contributed by atoms with Crippen LogP contribution in [0.25, 0.3) is 5.84 Å². The zero-order valence-electron chi connectivity index (χ0n) is 3.46. The van der Waals surface area contributed by atoms with Gasteiger partial charge in [-0.1, -0.05) is 0 Å². The van der Waals surface area contributed by atoms with Gasteiger partial charge in [0.15, 0.2) is 0 Å². The van der Waals surface area contributed by atoms with Crippen molar-refractivity contribution in [1.29, 1.82) is 0 Å². The van der Waals surface area contributed by atoms with Gasteiger partial charge in [-0.05, 0) is 0 Å². The van der Waals surface area contributed by atoms with Gasteiger partial charge in [0.1, 0.15) is 0 Å². The second-order valence-corrected chi connectivity index (χ2v) is 1.28. The van der Waals surface area contributed by atoms with Crippen LogP contribution in [0.1, 0.15) is 0 Å². The van der Waals surface area contributed by atoms with E-state index < -0.39 is 10.4 Å². The summed E-state index contributed by atoms with van der Waals surface area (Å²) in [4.78, 5) is 0. The maximum atomic E-state index is 8.63. The molecule has 8 heavy (non-hydrogen) atoms. The normalized spacial score (nSPS) is 8.00. The summed E-state index contributed by atoms with van der Waals surface area (Å²) in [6.45, 7) is 0. The first-order valence-electron chi connectivity index (χ1n) is 0.971. The molecule has 0 unspecified atom stereocenters. The van der Waals surface area contributed by atoms with E-state index in [-0.39, 0.29) is 17.1 Å². The molecule has 55 valence electrons. The van der Waals surface area contributed by atoms with Crippen LogP contribution >= 0.6 is 0 Å². The van der Waals surface area contributed by atoms with Crippen molar-refractivity contribution in [3.8, 4) is 0 Å². The van der Waals surface area contributed by atoms with Crippen molar-refractivity contribution in [3.05, 3.63) is 5.84 Å². The fourth-order valence-electron chi connectivity index (χ4n) is 0. The Balaban J connectivity index is -0.0000000750. The van der Waals surface area contributed by atoms with Gasteiger partial charge in [0.2, 0.25) is 10.4 Å². The Morgan fingerprint density at radius 3 is 1.50 bits per heavy atom. The van der Waals surface area contributed by atoms with Crippen molar-refractivity contribution in [2.75, 3.05) is 0 Å². The third-order valence-electron chi connectivity index (χ3n) is 0. The molecule has 8 heteroatoms. The second-order valence-electron chi connectivity index (χ2n) is 0.428. The molecule has 0 saturated carbocycles. The summed E-state index contributed by atoms with van der Waals surface area (Å²) in [5.41, 5.74) is 0. The van der Waals surface area contributed by atoms with Gasteiger partial charge in [0, 0.05) is 0 Å². The van der Waals surface area contributed by atoms with Crippen LogP contribution in [0.3, 0.4) is 0 Å². The molecule has 0 aliphatic carbocycles.